The standard InChI is InChI=1S/C28H32N4O3/c1-7-35-27(34)18-12-14-23-21(16-18)28(3,4)24(30(23)5)15-13-19-17(2)29-32-25(19)31(6)22-11-9-8-10-20(22)26(32)33/h8-14,16,24-25H,7,15H2,1-6H3. The summed E-state index contributed by atoms with van der Waals surface area (Å²) in [7, 11) is 4.12. The molecule has 0 N–H and O–H groups in total. The number of benzene rings is 2. The van der Waals surface area contributed by atoms with E-state index in [9.17, 15) is 9.59 Å². The van der Waals surface area contributed by atoms with Crippen molar-refractivity contribution in [2.45, 2.75) is 51.7 Å². The summed E-state index contributed by atoms with van der Waals surface area (Å²) in [5.74, 6) is -0.355. The quantitative estimate of drug-likeness (QED) is 0.610. The number of nitrogens with zero attached hydrogens (tertiary/aromatic N) is 4. The van der Waals surface area contributed by atoms with Gasteiger partial charge in [-0.2, -0.15) is 5.10 Å². The number of rotatable bonds is 4. The predicted octanol–water partition coefficient (Wildman–Crippen LogP) is 4.58. The molecule has 3 heterocycles. The fraction of sp³-hybridized carbons (Fsp3) is 0.393. The van der Waals surface area contributed by atoms with Crippen molar-refractivity contribution >= 4 is 29.0 Å². The maximum absolute atomic E-state index is 13.2. The summed E-state index contributed by atoms with van der Waals surface area (Å²) in [5, 5.41) is 6.24. The van der Waals surface area contributed by atoms with Gasteiger partial charge in [-0.25, -0.2) is 9.80 Å². The van der Waals surface area contributed by atoms with Crippen molar-refractivity contribution in [3.63, 3.8) is 0 Å². The van der Waals surface area contributed by atoms with Crippen LogP contribution in [0.5, 0.6) is 0 Å². The van der Waals surface area contributed by atoms with Crippen LogP contribution in [0.4, 0.5) is 11.4 Å². The lowest BCUT2D eigenvalue weighted by Crippen LogP contribution is -2.50. The van der Waals surface area contributed by atoms with Gasteiger partial charge in [0.1, 0.15) is 0 Å². The average Bonchev–Trinajstić information content (AvgIpc) is 3.27. The minimum absolute atomic E-state index is 0.0661. The molecule has 0 saturated heterocycles. The molecule has 2 aromatic rings. The van der Waals surface area contributed by atoms with Crippen LogP contribution in [-0.2, 0) is 10.2 Å². The van der Waals surface area contributed by atoms with Gasteiger partial charge in [-0.3, -0.25) is 4.79 Å². The van der Waals surface area contributed by atoms with E-state index in [-0.39, 0.29) is 29.5 Å². The number of ether oxygens (including phenoxy) is 1. The molecule has 3 aliphatic rings. The van der Waals surface area contributed by atoms with Crippen LogP contribution in [-0.4, -0.2) is 55.5 Å². The Kier molecular flexibility index (Phi) is 5.46. The van der Waals surface area contributed by atoms with E-state index in [4.69, 9.17) is 4.74 Å². The van der Waals surface area contributed by atoms with E-state index in [1.165, 1.54) is 0 Å². The van der Waals surface area contributed by atoms with E-state index in [1.54, 1.807) is 5.01 Å². The van der Waals surface area contributed by atoms with E-state index in [0.717, 1.165) is 34.6 Å². The van der Waals surface area contributed by atoms with Crippen LogP contribution in [0.25, 0.3) is 0 Å². The Bertz CT molecular complexity index is 1280. The van der Waals surface area contributed by atoms with Gasteiger partial charge < -0.3 is 14.5 Å². The number of hydrazone groups is 1. The zero-order valence-electron chi connectivity index (χ0n) is 21.2. The SMILES string of the molecule is CCOC(=O)c1ccc2c(c1)C(C)(C)C(CC=C1C(C)=NN3C(=O)c4ccccc4N(C)C13)N2C. The number of amides is 1. The molecule has 2 atom stereocenters. The molecule has 0 fully saturated rings. The van der Waals surface area contributed by atoms with Crippen LogP contribution >= 0.6 is 0 Å². The molecule has 2 unspecified atom stereocenters. The Balaban J connectivity index is 1.45. The fourth-order valence-electron chi connectivity index (χ4n) is 5.82. The molecule has 1 amide bonds. The lowest BCUT2D eigenvalue weighted by Gasteiger charge is -2.38. The first-order valence-corrected chi connectivity index (χ1v) is 12.1. The van der Waals surface area contributed by atoms with E-state index in [2.05, 4.69) is 41.9 Å². The number of fused-ring (bicyclic) bond motifs is 3. The van der Waals surface area contributed by atoms with Crippen LogP contribution in [0, 0.1) is 0 Å². The highest BCUT2D eigenvalue weighted by molar-refractivity contribution is 6.09. The van der Waals surface area contributed by atoms with Gasteiger partial charge in [0.25, 0.3) is 5.91 Å². The number of para-hydroxylation sites is 1. The molecule has 5 rings (SSSR count). The van der Waals surface area contributed by atoms with Gasteiger partial charge in [0.2, 0.25) is 0 Å². The minimum atomic E-state index is -0.289. The molecule has 0 aliphatic carbocycles. The van der Waals surface area contributed by atoms with Gasteiger partial charge in [-0.1, -0.05) is 32.1 Å². The number of hydrogen-bond acceptors (Lipinski definition) is 6. The summed E-state index contributed by atoms with van der Waals surface area (Å²) in [5.41, 5.74) is 6.19. The molecule has 0 radical (unpaired) electrons. The van der Waals surface area contributed by atoms with Crippen molar-refractivity contribution in [2.75, 3.05) is 30.5 Å². The third kappa shape index (κ3) is 3.44. The maximum Gasteiger partial charge on any atom is 0.338 e. The van der Waals surface area contributed by atoms with E-state index in [1.807, 2.05) is 63.4 Å². The first-order chi connectivity index (χ1) is 16.7. The molecule has 182 valence electrons. The Labute approximate surface area is 206 Å². The topological polar surface area (TPSA) is 65.5 Å². The number of likely N-dealkylation sites (N-methyl/N-ethyl adjacent to an activating group) is 2. The maximum atomic E-state index is 13.2. The summed E-state index contributed by atoms with van der Waals surface area (Å²) < 4.78 is 5.22. The summed E-state index contributed by atoms with van der Waals surface area (Å²) in [4.78, 5) is 29.9. The third-order valence-electron chi connectivity index (χ3n) is 7.72. The zero-order valence-corrected chi connectivity index (χ0v) is 21.2. The lowest BCUT2D eigenvalue weighted by molar-refractivity contribution is 0.0526. The van der Waals surface area contributed by atoms with Gasteiger partial charge >= 0.3 is 5.97 Å². The molecule has 7 heteroatoms. The Hall–Kier alpha value is -3.61. The van der Waals surface area contributed by atoms with Crippen molar-refractivity contribution in [3.8, 4) is 0 Å². The normalized spacial score (nSPS) is 23.3. The van der Waals surface area contributed by atoms with Crippen LogP contribution in [0.2, 0.25) is 0 Å². The van der Waals surface area contributed by atoms with Crippen LogP contribution in [0.1, 0.15) is 60.4 Å². The Morgan fingerprint density at radius 2 is 1.86 bits per heavy atom. The molecular formula is C28H32N4O3. The Morgan fingerprint density at radius 3 is 2.60 bits per heavy atom. The van der Waals surface area contributed by atoms with E-state index in [0.29, 0.717) is 17.7 Å². The van der Waals surface area contributed by atoms with Gasteiger partial charge in [0.05, 0.1) is 29.1 Å². The predicted molar refractivity (Wildman–Crippen MR) is 138 cm³/mol. The van der Waals surface area contributed by atoms with E-state index >= 15 is 0 Å². The molecule has 2 aromatic carbocycles. The molecule has 35 heavy (non-hydrogen) atoms. The summed E-state index contributed by atoms with van der Waals surface area (Å²) in [6, 6.07) is 13.7. The lowest BCUT2D eigenvalue weighted by atomic mass is 9.78. The van der Waals surface area contributed by atoms with Crippen LogP contribution in [0.15, 0.2) is 59.2 Å². The van der Waals surface area contributed by atoms with Gasteiger partial charge in [0, 0.05) is 36.8 Å². The first-order valence-electron chi connectivity index (χ1n) is 12.1. The number of anilines is 2. The van der Waals surface area contributed by atoms with Gasteiger partial charge in [-0.15, -0.1) is 0 Å². The van der Waals surface area contributed by atoms with Crippen molar-refractivity contribution in [1.29, 1.82) is 0 Å². The second-order valence-corrected chi connectivity index (χ2v) is 10.0. The monoisotopic (exact) mass is 472 g/mol. The molecule has 0 aromatic heterocycles. The summed E-state index contributed by atoms with van der Waals surface area (Å²) in [6.45, 7) is 8.59. The highest BCUT2D eigenvalue weighted by Crippen LogP contribution is 2.46. The second kappa shape index (κ2) is 8.26. The number of carbonyl (C=O) groups is 2. The molecule has 0 bridgehead atoms. The zero-order chi connectivity index (χ0) is 25.1. The third-order valence-corrected chi connectivity index (χ3v) is 7.72. The number of hydrogen-bond donors (Lipinski definition) is 0. The highest BCUT2D eigenvalue weighted by Gasteiger charge is 2.45. The van der Waals surface area contributed by atoms with Crippen molar-refractivity contribution in [1.82, 2.24) is 5.01 Å². The number of carbonyl (C=O) groups excluding carboxylic acids is 2. The average molecular weight is 473 g/mol. The second-order valence-electron chi connectivity index (χ2n) is 10.0. The van der Waals surface area contributed by atoms with Gasteiger partial charge in [-0.05, 0) is 56.2 Å². The fourth-order valence-corrected chi connectivity index (χ4v) is 5.82. The highest BCUT2D eigenvalue weighted by atomic mass is 16.5. The van der Waals surface area contributed by atoms with Crippen molar-refractivity contribution in [3.05, 3.63) is 70.8 Å². The molecule has 3 aliphatic heterocycles. The minimum Gasteiger partial charge on any atom is -0.462 e. The van der Waals surface area contributed by atoms with Gasteiger partial charge in [0.15, 0.2) is 6.17 Å². The molecular weight excluding hydrogens is 440 g/mol. The Morgan fingerprint density at radius 1 is 1.11 bits per heavy atom. The van der Waals surface area contributed by atoms with Crippen LogP contribution in [0.3, 0.4) is 0 Å². The van der Waals surface area contributed by atoms with Crippen LogP contribution < -0.4 is 9.80 Å². The summed E-state index contributed by atoms with van der Waals surface area (Å²) >= 11 is 0. The largest absolute Gasteiger partial charge is 0.462 e. The van der Waals surface area contributed by atoms with Crippen molar-refractivity contribution < 1.29 is 14.3 Å². The smallest absolute Gasteiger partial charge is 0.338 e. The van der Waals surface area contributed by atoms with E-state index < -0.39 is 0 Å². The molecule has 7 nitrogen and oxygen atoms in total. The first kappa shape index (κ1) is 23.1. The molecule has 0 saturated carbocycles. The van der Waals surface area contributed by atoms with Crippen molar-refractivity contribution in [2.24, 2.45) is 5.10 Å². The summed E-state index contributed by atoms with van der Waals surface area (Å²) in [6.07, 6.45) is 2.77. The molecule has 0 spiro atoms. The number of esters is 1.